The minimum Gasteiger partial charge on any atom is -0.443 e. The van der Waals surface area contributed by atoms with Crippen LogP contribution in [0.3, 0.4) is 0 Å². The van der Waals surface area contributed by atoms with Crippen LogP contribution in [-0.2, 0) is 27.5 Å². The molecule has 0 aliphatic carbocycles. The van der Waals surface area contributed by atoms with Gasteiger partial charge in [-0.05, 0) is 31.0 Å². The highest BCUT2D eigenvalue weighted by atomic mass is 35.5. The first-order chi connectivity index (χ1) is 15.4. The van der Waals surface area contributed by atoms with E-state index in [9.17, 15) is 9.59 Å². The summed E-state index contributed by atoms with van der Waals surface area (Å²) in [6.45, 7) is 2.45. The molecule has 0 fully saturated rings. The zero-order chi connectivity index (χ0) is 23.1. The number of halogens is 1. The SMILES string of the molecule is Cc1cnc(COC2NC(NC=O)=C(C(=O)N(C)CCCO)N2Cc2ccc(Cl)cc2)o1. The predicted molar refractivity (Wildman–Crippen MR) is 116 cm³/mol. The molecule has 0 spiro atoms. The van der Waals surface area contributed by atoms with E-state index in [2.05, 4.69) is 15.6 Å². The van der Waals surface area contributed by atoms with Gasteiger partial charge in [0.2, 0.25) is 18.7 Å². The predicted octanol–water partition coefficient (Wildman–Crippen LogP) is 1.30. The number of nitrogens with one attached hydrogen (secondary N) is 2. The maximum atomic E-state index is 13.3. The molecule has 11 heteroatoms. The van der Waals surface area contributed by atoms with Gasteiger partial charge < -0.3 is 34.7 Å². The number of nitrogens with zero attached hydrogens (tertiary/aromatic N) is 3. The second-order valence-electron chi connectivity index (χ2n) is 7.22. The van der Waals surface area contributed by atoms with Gasteiger partial charge in [-0.15, -0.1) is 0 Å². The number of ether oxygens (including phenoxy) is 1. The molecule has 0 saturated heterocycles. The van der Waals surface area contributed by atoms with Crippen molar-refractivity contribution < 1.29 is 23.8 Å². The number of hydrogen-bond acceptors (Lipinski definition) is 8. The Morgan fingerprint density at radius 2 is 2.19 bits per heavy atom. The van der Waals surface area contributed by atoms with Crippen LogP contribution >= 0.6 is 11.6 Å². The van der Waals surface area contributed by atoms with Gasteiger partial charge in [-0.25, -0.2) is 4.98 Å². The molecule has 0 bridgehead atoms. The first-order valence-corrected chi connectivity index (χ1v) is 10.4. The van der Waals surface area contributed by atoms with E-state index in [0.717, 1.165) is 5.56 Å². The molecule has 32 heavy (non-hydrogen) atoms. The Bertz CT molecular complexity index is 962. The molecule has 0 radical (unpaired) electrons. The van der Waals surface area contributed by atoms with Crippen LogP contribution in [0.4, 0.5) is 0 Å². The largest absolute Gasteiger partial charge is 0.443 e. The van der Waals surface area contributed by atoms with E-state index in [4.69, 9.17) is 25.9 Å². The molecule has 1 unspecified atom stereocenters. The van der Waals surface area contributed by atoms with E-state index in [-0.39, 0.29) is 30.6 Å². The van der Waals surface area contributed by atoms with E-state index < -0.39 is 6.35 Å². The summed E-state index contributed by atoms with van der Waals surface area (Å²) < 4.78 is 11.4. The number of rotatable bonds is 11. The second-order valence-corrected chi connectivity index (χ2v) is 7.65. The summed E-state index contributed by atoms with van der Waals surface area (Å²) in [5.74, 6) is 0.940. The minimum atomic E-state index is -0.773. The van der Waals surface area contributed by atoms with Crippen molar-refractivity contribution in [2.24, 2.45) is 0 Å². The number of carbonyl (C=O) groups excluding carboxylic acids is 2. The molecule has 2 amide bonds. The summed E-state index contributed by atoms with van der Waals surface area (Å²) in [5, 5.41) is 15.3. The monoisotopic (exact) mass is 463 g/mol. The Hall–Kier alpha value is -3.08. The van der Waals surface area contributed by atoms with Crippen LogP contribution in [0, 0.1) is 6.92 Å². The lowest BCUT2D eigenvalue weighted by atomic mass is 10.2. The number of oxazole rings is 1. The maximum absolute atomic E-state index is 13.3. The quantitative estimate of drug-likeness (QED) is 0.426. The molecule has 2 aromatic rings. The van der Waals surface area contributed by atoms with Gasteiger partial charge in [0.1, 0.15) is 23.9 Å². The lowest BCUT2D eigenvalue weighted by Crippen LogP contribution is -2.42. The summed E-state index contributed by atoms with van der Waals surface area (Å²) >= 11 is 6.00. The average Bonchev–Trinajstić information content (AvgIpc) is 3.34. The molecule has 172 valence electrons. The third kappa shape index (κ3) is 5.78. The average molecular weight is 464 g/mol. The second kappa shape index (κ2) is 11.0. The van der Waals surface area contributed by atoms with Gasteiger partial charge in [-0.1, -0.05) is 23.7 Å². The smallest absolute Gasteiger partial charge is 0.273 e. The first kappa shape index (κ1) is 23.6. The molecule has 3 N–H and O–H groups in total. The van der Waals surface area contributed by atoms with E-state index in [1.807, 2.05) is 12.1 Å². The first-order valence-electron chi connectivity index (χ1n) is 10.0. The zero-order valence-electron chi connectivity index (χ0n) is 17.9. The molecule has 0 saturated carbocycles. The van der Waals surface area contributed by atoms with Crippen molar-refractivity contribution in [3.05, 3.63) is 64.2 Å². The van der Waals surface area contributed by atoms with Crippen LogP contribution in [0.25, 0.3) is 0 Å². The molecule has 1 aliphatic rings. The van der Waals surface area contributed by atoms with Crippen molar-refractivity contribution in [2.75, 3.05) is 20.2 Å². The normalized spacial score (nSPS) is 15.6. The lowest BCUT2D eigenvalue weighted by molar-refractivity contribution is -0.130. The van der Waals surface area contributed by atoms with Crippen molar-refractivity contribution in [1.82, 2.24) is 25.4 Å². The van der Waals surface area contributed by atoms with E-state index >= 15 is 0 Å². The van der Waals surface area contributed by atoms with Gasteiger partial charge in [0, 0.05) is 31.8 Å². The van der Waals surface area contributed by atoms with E-state index in [0.29, 0.717) is 42.6 Å². The molecule has 3 rings (SSSR count). The molecule has 10 nitrogen and oxygen atoms in total. The number of aromatic nitrogens is 1. The molecule has 1 atom stereocenters. The standard InChI is InChI=1S/C21H26ClN5O5/c1-14-10-23-17(32-14)12-31-21-25-19(24-13-29)18(20(30)26(2)8-3-9-28)27(21)11-15-4-6-16(22)7-5-15/h4-7,10,13,21,25,28H,3,8-9,11-12H2,1-2H3,(H,24,29). The van der Waals surface area contributed by atoms with Crippen LogP contribution < -0.4 is 10.6 Å². The number of hydrogen-bond donors (Lipinski definition) is 3. The van der Waals surface area contributed by atoms with E-state index in [1.54, 1.807) is 37.2 Å². The Balaban J connectivity index is 1.88. The highest BCUT2D eigenvalue weighted by Gasteiger charge is 2.37. The van der Waals surface area contributed by atoms with Gasteiger partial charge in [0.15, 0.2) is 0 Å². The number of aliphatic hydroxyl groups excluding tert-OH is 1. The zero-order valence-corrected chi connectivity index (χ0v) is 18.6. The van der Waals surface area contributed by atoms with Gasteiger partial charge in [-0.2, -0.15) is 0 Å². The van der Waals surface area contributed by atoms with Gasteiger partial charge in [0.05, 0.1) is 6.20 Å². The minimum absolute atomic E-state index is 0.0375. The Morgan fingerprint density at radius 1 is 1.44 bits per heavy atom. The number of amides is 2. The van der Waals surface area contributed by atoms with Crippen molar-refractivity contribution in [3.8, 4) is 0 Å². The summed E-state index contributed by atoms with van der Waals surface area (Å²) in [6.07, 6.45) is 1.74. The molecule has 2 heterocycles. The number of carbonyl (C=O) groups is 2. The molecule has 1 aliphatic heterocycles. The third-order valence-electron chi connectivity index (χ3n) is 4.78. The van der Waals surface area contributed by atoms with Gasteiger partial charge >= 0.3 is 0 Å². The molecular weight excluding hydrogens is 438 g/mol. The lowest BCUT2D eigenvalue weighted by Gasteiger charge is -2.29. The summed E-state index contributed by atoms with van der Waals surface area (Å²) in [5.41, 5.74) is 1.12. The summed E-state index contributed by atoms with van der Waals surface area (Å²) in [6, 6.07) is 7.21. The number of benzene rings is 1. The van der Waals surface area contributed by atoms with Crippen molar-refractivity contribution in [2.45, 2.75) is 32.8 Å². The summed E-state index contributed by atoms with van der Waals surface area (Å²) in [7, 11) is 1.63. The van der Waals surface area contributed by atoms with Crippen molar-refractivity contribution in [3.63, 3.8) is 0 Å². The van der Waals surface area contributed by atoms with Crippen molar-refractivity contribution in [1.29, 1.82) is 0 Å². The third-order valence-corrected chi connectivity index (χ3v) is 5.03. The molecular formula is C21H26ClN5O5. The topological polar surface area (TPSA) is 120 Å². The fourth-order valence-electron chi connectivity index (χ4n) is 3.22. The molecule has 1 aromatic heterocycles. The Morgan fingerprint density at radius 3 is 2.81 bits per heavy atom. The van der Waals surface area contributed by atoms with Crippen LogP contribution in [0.2, 0.25) is 5.02 Å². The van der Waals surface area contributed by atoms with Gasteiger partial charge in [-0.3, -0.25) is 9.59 Å². The Kier molecular flexibility index (Phi) is 8.09. The number of likely N-dealkylation sites (N-methyl/N-ethyl adjacent to an activating group) is 1. The fraction of sp³-hybridized carbons (Fsp3) is 0.381. The van der Waals surface area contributed by atoms with Crippen molar-refractivity contribution >= 4 is 23.9 Å². The number of aryl methyl sites for hydroxylation is 1. The van der Waals surface area contributed by atoms with Crippen LogP contribution in [0.1, 0.15) is 23.6 Å². The fourth-order valence-corrected chi connectivity index (χ4v) is 3.34. The van der Waals surface area contributed by atoms with Crippen LogP contribution in [0.5, 0.6) is 0 Å². The van der Waals surface area contributed by atoms with Crippen LogP contribution in [0.15, 0.2) is 46.4 Å². The number of aliphatic hydroxyl groups is 1. The highest BCUT2D eigenvalue weighted by molar-refractivity contribution is 6.30. The van der Waals surface area contributed by atoms with E-state index in [1.165, 1.54) is 4.90 Å². The van der Waals surface area contributed by atoms with Gasteiger partial charge in [0.25, 0.3) is 5.91 Å². The maximum Gasteiger partial charge on any atom is 0.273 e. The Labute approximate surface area is 190 Å². The molecule has 1 aromatic carbocycles. The highest BCUT2D eigenvalue weighted by Crippen LogP contribution is 2.25. The van der Waals surface area contributed by atoms with Crippen LogP contribution in [-0.4, -0.2) is 58.8 Å². The summed E-state index contributed by atoms with van der Waals surface area (Å²) in [4.78, 5) is 31.8.